The van der Waals surface area contributed by atoms with Gasteiger partial charge in [-0.2, -0.15) is 0 Å². The molecule has 6 N–H and O–H groups in total. The lowest BCUT2D eigenvalue weighted by Gasteiger charge is -2.40. The van der Waals surface area contributed by atoms with Crippen molar-refractivity contribution in [1.29, 1.82) is 0 Å². The number of amides is 1. The summed E-state index contributed by atoms with van der Waals surface area (Å²) < 4.78 is 11.3. The molecule has 74 heavy (non-hydrogen) atoms. The van der Waals surface area contributed by atoms with Crippen molar-refractivity contribution in [3.05, 3.63) is 85.1 Å². The molecule has 1 saturated heterocycles. The van der Waals surface area contributed by atoms with E-state index >= 15 is 0 Å². The molecule has 0 aromatic heterocycles. The first-order valence-corrected chi connectivity index (χ1v) is 30.8. The molecule has 0 aromatic rings. The monoisotopic (exact) mass is 1040 g/mol. The van der Waals surface area contributed by atoms with Gasteiger partial charge in [-0.15, -0.1) is 0 Å². The van der Waals surface area contributed by atoms with Gasteiger partial charge in [-0.25, -0.2) is 0 Å². The van der Waals surface area contributed by atoms with Crippen molar-refractivity contribution >= 4 is 5.91 Å². The normalized spacial score (nSPS) is 19.6. The Morgan fingerprint density at radius 1 is 0.473 bits per heavy atom. The third-order valence-electron chi connectivity index (χ3n) is 14.3. The number of allylic oxidation sites excluding steroid dienone is 14. The molecule has 0 aromatic carbocycles. The van der Waals surface area contributed by atoms with Crippen LogP contribution in [0.2, 0.25) is 0 Å². The Morgan fingerprint density at radius 2 is 0.838 bits per heavy atom. The lowest BCUT2D eigenvalue weighted by Crippen LogP contribution is -2.60. The summed E-state index contributed by atoms with van der Waals surface area (Å²) in [4.78, 5) is 13.0. The van der Waals surface area contributed by atoms with Gasteiger partial charge in [0, 0.05) is 6.42 Å². The van der Waals surface area contributed by atoms with E-state index in [1.54, 1.807) is 0 Å². The van der Waals surface area contributed by atoms with Crippen molar-refractivity contribution in [3.8, 4) is 0 Å². The minimum atomic E-state index is -1.55. The van der Waals surface area contributed by atoms with Gasteiger partial charge in [0.15, 0.2) is 6.29 Å². The Hall–Kier alpha value is -2.63. The maximum atomic E-state index is 13.0. The smallest absolute Gasteiger partial charge is 0.220 e. The fraction of sp³-hybridized carbons (Fsp3) is 0.769. The van der Waals surface area contributed by atoms with E-state index in [0.717, 1.165) is 83.5 Å². The number of ether oxygens (including phenoxy) is 2. The van der Waals surface area contributed by atoms with Crippen molar-refractivity contribution in [2.45, 2.75) is 307 Å². The molecule has 0 spiro atoms. The van der Waals surface area contributed by atoms with Crippen LogP contribution in [-0.2, 0) is 14.3 Å². The number of hydrogen-bond donors (Lipinski definition) is 6. The predicted octanol–water partition coefficient (Wildman–Crippen LogP) is 15.8. The predicted molar refractivity (Wildman–Crippen MR) is 313 cm³/mol. The highest BCUT2D eigenvalue weighted by atomic mass is 16.7. The minimum Gasteiger partial charge on any atom is -0.394 e. The van der Waals surface area contributed by atoms with Gasteiger partial charge in [0.2, 0.25) is 5.91 Å². The summed E-state index contributed by atoms with van der Waals surface area (Å²) in [6, 6.07) is -0.719. The van der Waals surface area contributed by atoms with Gasteiger partial charge in [0.1, 0.15) is 24.4 Å². The van der Waals surface area contributed by atoms with Gasteiger partial charge in [0.05, 0.1) is 25.4 Å². The van der Waals surface area contributed by atoms with E-state index in [9.17, 15) is 30.3 Å². The number of rotatable bonds is 52. The standard InChI is InChI=1S/C65H115NO8/c1-3-5-7-9-11-13-15-16-17-18-19-20-21-22-23-24-25-26-27-28-29-30-31-32-33-34-35-36-37-38-39-40-41-42-43-44-45-47-49-51-53-55-61(69)66-58(57-73-65-64(72)63(71)62(70)60(56-67)74-65)59(68)54-52-50-48-46-14-12-10-8-6-4-2/h5,7,11,13,16-17,19-20,22-23,25-26,28-29,58-60,62-65,67-68,70-72H,3-4,6,8-10,12,14-15,18,21,24,27,30-57H2,1-2H3,(H,66,69)/b7-5-,13-11-,17-16-,20-19-,23-22-,26-25-,29-28-. The molecule has 0 aliphatic carbocycles. The topological polar surface area (TPSA) is 149 Å². The van der Waals surface area contributed by atoms with Crippen LogP contribution in [0.3, 0.4) is 0 Å². The molecule has 7 unspecified atom stereocenters. The van der Waals surface area contributed by atoms with Gasteiger partial charge in [-0.3, -0.25) is 4.79 Å². The molecule has 0 bridgehead atoms. The maximum Gasteiger partial charge on any atom is 0.220 e. The average Bonchev–Trinajstić information content (AvgIpc) is 3.40. The average molecular weight is 1040 g/mol. The number of aliphatic hydroxyl groups excluding tert-OH is 5. The SMILES string of the molecule is CC/C=C\C/C=C\C/C=C\C/C=C\C/C=C\C/C=C\C/C=C\CCCCCCCCCCCCCCCCCCCCCC(=O)NC(COC1OC(CO)C(O)C(O)C1O)C(O)CCCCCCCCCCCC. The van der Waals surface area contributed by atoms with Crippen LogP contribution in [0.5, 0.6) is 0 Å². The molecule has 1 fully saturated rings. The van der Waals surface area contributed by atoms with Crippen molar-refractivity contribution in [1.82, 2.24) is 5.32 Å². The highest BCUT2D eigenvalue weighted by Gasteiger charge is 2.44. The van der Waals surface area contributed by atoms with E-state index in [1.807, 2.05) is 0 Å². The van der Waals surface area contributed by atoms with Gasteiger partial charge in [0.25, 0.3) is 0 Å². The van der Waals surface area contributed by atoms with Crippen LogP contribution in [0.1, 0.15) is 264 Å². The molecule has 9 nitrogen and oxygen atoms in total. The van der Waals surface area contributed by atoms with Crippen molar-refractivity contribution < 1.29 is 39.8 Å². The number of carbonyl (C=O) groups excluding carboxylic acids is 1. The van der Waals surface area contributed by atoms with Crippen LogP contribution >= 0.6 is 0 Å². The van der Waals surface area contributed by atoms with Gasteiger partial charge in [-0.05, 0) is 70.6 Å². The Bertz CT molecular complexity index is 1440. The Kier molecular flexibility index (Phi) is 50.4. The number of aliphatic hydroxyl groups is 5. The molecule has 9 heteroatoms. The number of hydrogen-bond acceptors (Lipinski definition) is 8. The molecule has 1 heterocycles. The summed E-state index contributed by atoms with van der Waals surface area (Å²) in [7, 11) is 0. The minimum absolute atomic E-state index is 0.138. The summed E-state index contributed by atoms with van der Waals surface area (Å²) in [5, 5.41) is 54.5. The maximum absolute atomic E-state index is 13.0. The second kappa shape index (κ2) is 53.8. The molecule has 428 valence electrons. The fourth-order valence-corrected chi connectivity index (χ4v) is 9.44. The molecule has 1 amide bonds. The third kappa shape index (κ3) is 42.5. The first-order valence-electron chi connectivity index (χ1n) is 30.8. The number of nitrogens with one attached hydrogen (secondary N) is 1. The van der Waals surface area contributed by atoms with Crippen LogP contribution in [-0.4, -0.2) is 87.5 Å². The Balaban J connectivity index is 2.02. The van der Waals surface area contributed by atoms with E-state index < -0.39 is 49.5 Å². The quantitative estimate of drug-likeness (QED) is 0.0261. The summed E-state index contributed by atoms with van der Waals surface area (Å²) in [6.45, 7) is 3.71. The second-order valence-electron chi connectivity index (χ2n) is 21.1. The van der Waals surface area contributed by atoms with Crippen LogP contribution in [0.15, 0.2) is 85.1 Å². The van der Waals surface area contributed by atoms with E-state index in [4.69, 9.17) is 9.47 Å². The van der Waals surface area contributed by atoms with Crippen molar-refractivity contribution in [3.63, 3.8) is 0 Å². The summed E-state index contributed by atoms with van der Waals surface area (Å²) in [5.41, 5.74) is 0. The highest BCUT2D eigenvalue weighted by molar-refractivity contribution is 5.76. The molecule has 1 aliphatic rings. The lowest BCUT2D eigenvalue weighted by atomic mass is 9.99. The van der Waals surface area contributed by atoms with E-state index in [0.29, 0.717) is 12.8 Å². The van der Waals surface area contributed by atoms with Crippen LogP contribution in [0.25, 0.3) is 0 Å². The zero-order valence-corrected chi connectivity index (χ0v) is 47.6. The summed E-state index contributed by atoms with van der Waals surface area (Å²) in [6.07, 6.45) is 69.4. The fourth-order valence-electron chi connectivity index (χ4n) is 9.44. The molecule has 1 rings (SSSR count). The van der Waals surface area contributed by atoms with Crippen LogP contribution in [0, 0.1) is 0 Å². The second-order valence-corrected chi connectivity index (χ2v) is 21.1. The summed E-state index contributed by atoms with van der Waals surface area (Å²) in [5.74, 6) is -0.145. The van der Waals surface area contributed by atoms with Crippen molar-refractivity contribution in [2.75, 3.05) is 13.2 Å². The lowest BCUT2D eigenvalue weighted by molar-refractivity contribution is -0.302. The molecular weight excluding hydrogens is 923 g/mol. The highest BCUT2D eigenvalue weighted by Crippen LogP contribution is 2.23. The zero-order valence-electron chi connectivity index (χ0n) is 47.6. The molecule has 0 saturated carbocycles. The molecule has 1 aliphatic heterocycles. The first-order chi connectivity index (χ1) is 36.3. The largest absolute Gasteiger partial charge is 0.394 e. The Morgan fingerprint density at radius 3 is 1.24 bits per heavy atom. The van der Waals surface area contributed by atoms with Gasteiger partial charge < -0.3 is 40.3 Å². The number of unbranched alkanes of at least 4 members (excludes halogenated alkanes) is 28. The van der Waals surface area contributed by atoms with Gasteiger partial charge in [-0.1, -0.05) is 272 Å². The van der Waals surface area contributed by atoms with Crippen LogP contribution in [0.4, 0.5) is 0 Å². The van der Waals surface area contributed by atoms with Gasteiger partial charge >= 0.3 is 0 Å². The first kappa shape index (κ1) is 69.4. The third-order valence-corrected chi connectivity index (χ3v) is 14.3. The molecule has 7 atom stereocenters. The zero-order chi connectivity index (χ0) is 53.6. The van der Waals surface area contributed by atoms with E-state index in [2.05, 4.69) is 104 Å². The van der Waals surface area contributed by atoms with E-state index in [1.165, 1.54) is 154 Å². The van der Waals surface area contributed by atoms with Crippen LogP contribution < -0.4 is 5.32 Å². The Labute approximate surface area is 454 Å². The van der Waals surface area contributed by atoms with Crippen molar-refractivity contribution in [2.24, 2.45) is 0 Å². The number of carbonyl (C=O) groups is 1. The summed E-state index contributed by atoms with van der Waals surface area (Å²) >= 11 is 0. The molecule has 0 radical (unpaired) electrons. The molecular formula is C65H115NO8. The van der Waals surface area contributed by atoms with E-state index in [-0.39, 0.29) is 12.5 Å².